The first-order valence-electron chi connectivity index (χ1n) is 6.60. The van der Waals surface area contributed by atoms with E-state index in [1.54, 1.807) is 0 Å². The van der Waals surface area contributed by atoms with Crippen molar-refractivity contribution in [2.24, 2.45) is 0 Å². The molecule has 1 aliphatic carbocycles. The van der Waals surface area contributed by atoms with Crippen LogP contribution in [0.15, 0.2) is 0 Å². The molecule has 15 heavy (non-hydrogen) atoms. The van der Waals surface area contributed by atoms with Crippen LogP contribution in [-0.4, -0.2) is 25.3 Å². The van der Waals surface area contributed by atoms with E-state index in [1.807, 2.05) is 0 Å². The number of hydrogen-bond acceptors (Lipinski definition) is 2. The second kappa shape index (κ2) is 7.24. The molecule has 0 bridgehead atoms. The number of hydrogen-bond donors (Lipinski definition) is 1. The van der Waals surface area contributed by atoms with E-state index in [0.717, 1.165) is 0 Å². The Kier molecular flexibility index (Phi) is 6.26. The van der Waals surface area contributed by atoms with Gasteiger partial charge in [-0.2, -0.15) is 0 Å². The molecule has 3 unspecified atom stereocenters. The summed E-state index contributed by atoms with van der Waals surface area (Å²) in [6.45, 7) is 4.43. The minimum Gasteiger partial charge on any atom is -0.374 e. The molecule has 1 N–H and O–H groups in total. The lowest BCUT2D eigenvalue weighted by Crippen LogP contribution is -2.40. The summed E-state index contributed by atoms with van der Waals surface area (Å²) in [6.07, 6.45) is 9.85. The zero-order valence-corrected chi connectivity index (χ0v) is 10.6. The smallest absolute Gasteiger partial charge is 0.0731 e. The molecule has 0 aromatic rings. The molecule has 90 valence electrons. The second-order valence-electron chi connectivity index (χ2n) is 4.81. The van der Waals surface area contributed by atoms with Crippen LogP contribution in [0.3, 0.4) is 0 Å². The lowest BCUT2D eigenvalue weighted by molar-refractivity contribution is -0.0281. The molecular weight excluding hydrogens is 186 g/mol. The molecule has 1 rings (SSSR count). The van der Waals surface area contributed by atoms with Gasteiger partial charge in [-0.15, -0.1) is 0 Å². The molecule has 0 spiro atoms. The van der Waals surface area contributed by atoms with E-state index >= 15 is 0 Å². The van der Waals surface area contributed by atoms with E-state index < -0.39 is 0 Å². The topological polar surface area (TPSA) is 21.3 Å². The highest BCUT2D eigenvalue weighted by atomic mass is 16.5. The molecule has 0 amide bonds. The van der Waals surface area contributed by atoms with Crippen molar-refractivity contribution in [3.05, 3.63) is 0 Å². The fourth-order valence-corrected chi connectivity index (χ4v) is 2.54. The summed E-state index contributed by atoms with van der Waals surface area (Å²) in [5.74, 6) is 0. The minimum atomic E-state index is 0.425. The third-order valence-corrected chi connectivity index (χ3v) is 3.43. The first kappa shape index (κ1) is 13.0. The summed E-state index contributed by atoms with van der Waals surface area (Å²) in [6, 6.07) is 0.576. The predicted molar refractivity (Wildman–Crippen MR) is 65.2 cm³/mol. The number of nitrogens with one attached hydrogen (secondary N) is 1. The normalized spacial score (nSPS) is 29.8. The van der Waals surface area contributed by atoms with Gasteiger partial charge in [0.25, 0.3) is 0 Å². The molecule has 3 atom stereocenters. The van der Waals surface area contributed by atoms with Crippen molar-refractivity contribution in [1.82, 2.24) is 5.32 Å². The van der Waals surface area contributed by atoms with Crippen LogP contribution >= 0.6 is 0 Å². The van der Waals surface area contributed by atoms with Gasteiger partial charge >= 0.3 is 0 Å². The van der Waals surface area contributed by atoms with E-state index in [0.29, 0.717) is 18.2 Å². The zero-order valence-electron chi connectivity index (χ0n) is 10.6. The lowest BCUT2D eigenvalue weighted by Gasteiger charge is -2.28. The third kappa shape index (κ3) is 4.52. The van der Waals surface area contributed by atoms with Crippen molar-refractivity contribution in [1.29, 1.82) is 0 Å². The number of rotatable bonds is 5. The van der Waals surface area contributed by atoms with E-state index in [-0.39, 0.29) is 0 Å². The molecule has 2 nitrogen and oxygen atoms in total. The van der Waals surface area contributed by atoms with Gasteiger partial charge in [-0.1, -0.05) is 32.6 Å². The quantitative estimate of drug-likeness (QED) is 0.709. The van der Waals surface area contributed by atoms with Crippen LogP contribution in [0.4, 0.5) is 0 Å². The first-order chi connectivity index (χ1) is 7.27. The van der Waals surface area contributed by atoms with Crippen molar-refractivity contribution in [2.75, 3.05) is 7.05 Å². The Labute approximate surface area is 94.8 Å². The van der Waals surface area contributed by atoms with Crippen LogP contribution in [0.25, 0.3) is 0 Å². The molecule has 0 radical (unpaired) electrons. The molecule has 1 aliphatic rings. The van der Waals surface area contributed by atoms with Crippen LogP contribution in [0, 0.1) is 0 Å². The first-order valence-corrected chi connectivity index (χ1v) is 6.60. The van der Waals surface area contributed by atoms with Crippen LogP contribution < -0.4 is 5.32 Å². The van der Waals surface area contributed by atoms with Gasteiger partial charge < -0.3 is 10.1 Å². The summed E-state index contributed by atoms with van der Waals surface area (Å²) < 4.78 is 6.15. The SMILES string of the molecule is CCCC(C)OC1CCCCCC1NC. The largest absolute Gasteiger partial charge is 0.374 e. The maximum atomic E-state index is 6.15. The average molecular weight is 213 g/mol. The maximum Gasteiger partial charge on any atom is 0.0731 e. The summed E-state index contributed by atoms with van der Waals surface area (Å²) >= 11 is 0. The summed E-state index contributed by atoms with van der Waals surface area (Å²) in [5.41, 5.74) is 0. The number of ether oxygens (including phenoxy) is 1. The van der Waals surface area contributed by atoms with Gasteiger partial charge in [0.2, 0.25) is 0 Å². The molecule has 0 aromatic heterocycles. The van der Waals surface area contributed by atoms with E-state index in [9.17, 15) is 0 Å². The van der Waals surface area contributed by atoms with Crippen molar-refractivity contribution in [3.8, 4) is 0 Å². The average Bonchev–Trinajstić information content (AvgIpc) is 2.43. The van der Waals surface area contributed by atoms with Gasteiger partial charge in [-0.05, 0) is 33.2 Å². The second-order valence-corrected chi connectivity index (χ2v) is 4.81. The monoisotopic (exact) mass is 213 g/mol. The Morgan fingerprint density at radius 3 is 2.67 bits per heavy atom. The van der Waals surface area contributed by atoms with Gasteiger partial charge in [0.05, 0.1) is 12.2 Å². The Balaban J connectivity index is 2.40. The van der Waals surface area contributed by atoms with Gasteiger partial charge in [-0.3, -0.25) is 0 Å². The van der Waals surface area contributed by atoms with Crippen molar-refractivity contribution in [3.63, 3.8) is 0 Å². The maximum absolute atomic E-state index is 6.15. The summed E-state index contributed by atoms with van der Waals surface area (Å²) in [5, 5.41) is 3.42. The minimum absolute atomic E-state index is 0.425. The van der Waals surface area contributed by atoms with Crippen LogP contribution in [-0.2, 0) is 4.74 Å². The Bertz CT molecular complexity index is 161. The molecule has 0 aliphatic heterocycles. The fourth-order valence-electron chi connectivity index (χ4n) is 2.54. The van der Waals surface area contributed by atoms with Crippen molar-refractivity contribution >= 4 is 0 Å². The Morgan fingerprint density at radius 1 is 1.27 bits per heavy atom. The molecule has 1 saturated carbocycles. The van der Waals surface area contributed by atoms with E-state index in [1.165, 1.54) is 44.9 Å². The van der Waals surface area contributed by atoms with Crippen LogP contribution in [0.1, 0.15) is 58.8 Å². The Morgan fingerprint density at radius 2 is 2.00 bits per heavy atom. The third-order valence-electron chi connectivity index (χ3n) is 3.43. The van der Waals surface area contributed by atoms with Crippen LogP contribution in [0.5, 0.6) is 0 Å². The van der Waals surface area contributed by atoms with Gasteiger partial charge in [0, 0.05) is 6.04 Å². The van der Waals surface area contributed by atoms with Gasteiger partial charge in [-0.25, -0.2) is 0 Å². The Hall–Kier alpha value is -0.0800. The van der Waals surface area contributed by atoms with Gasteiger partial charge in [0.15, 0.2) is 0 Å². The van der Waals surface area contributed by atoms with Crippen molar-refractivity contribution in [2.45, 2.75) is 77.0 Å². The summed E-state index contributed by atoms with van der Waals surface area (Å²) in [4.78, 5) is 0. The number of likely N-dealkylation sites (N-methyl/N-ethyl adjacent to an activating group) is 1. The summed E-state index contributed by atoms with van der Waals surface area (Å²) in [7, 11) is 2.07. The molecular formula is C13H27NO. The van der Waals surface area contributed by atoms with E-state index in [2.05, 4.69) is 26.2 Å². The van der Waals surface area contributed by atoms with Crippen LogP contribution in [0.2, 0.25) is 0 Å². The molecule has 0 saturated heterocycles. The molecule has 0 heterocycles. The highest BCUT2D eigenvalue weighted by molar-refractivity contribution is 4.79. The van der Waals surface area contributed by atoms with Gasteiger partial charge in [0.1, 0.15) is 0 Å². The molecule has 2 heteroatoms. The standard InChI is InChI=1S/C13H27NO/c1-4-8-11(2)15-13-10-7-5-6-9-12(13)14-3/h11-14H,4-10H2,1-3H3. The molecule has 1 fully saturated rings. The molecule has 0 aromatic carbocycles. The zero-order chi connectivity index (χ0) is 11.1. The highest BCUT2D eigenvalue weighted by Crippen LogP contribution is 2.22. The predicted octanol–water partition coefficient (Wildman–Crippen LogP) is 3.11. The highest BCUT2D eigenvalue weighted by Gasteiger charge is 2.24. The van der Waals surface area contributed by atoms with Crippen molar-refractivity contribution < 1.29 is 4.74 Å². The lowest BCUT2D eigenvalue weighted by atomic mass is 10.1. The van der Waals surface area contributed by atoms with E-state index in [4.69, 9.17) is 4.74 Å². The fraction of sp³-hybridized carbons (Fsp3) is 1.00.